The van der Waals surface area contributed by atoms with Gasteiger partial charge in [-0.2, -0.15) is 0 Å². The monoisotopic (exact) mass is 232 g/mol. The summed E-state index contributed by atoms with van der Waals surface area (Å²) in [7, 11) is 1.58. The molecule has 1 aromatic rings. The van der Waals surface area contributed by atoms with Crippen LogP contribution in [0, 0.1) is 11.8 Å². The Kier molecular flexibility index (Phi) is 5.62. The van der Waals surface area contributed by atoms with Crippen molar-refractivity contribution in [3.63, 3.8) is 0 Å². The van der Waals surface area contributed by atoms with Gasteiger partial charge >= 0.3 is 6.03 Å². The second-order valence-corrected chi connectivity index (χ2v) is 3.40. The summed E-state index contributed by atoms with van der Waals surface area (Å²) in [6.45, 7) is 0.575. The lowest BCUT2D eigenvalue weighted by molar-refractivity contribution is 0.242. The molecule has 17 heavy (non-hydrogen) atoms. The fraction of sp³-hybridized carbons (Fsp3) is 0.308. The molecule has 2 amide bonds. The van der Waals surface area contributed by atoms with Crippen molar-refractivity contribution in [2.75, 3.05) is 13.7 Å². The minimum atomic E-state index is -0.197. The van der Waals surface area contributed by atoms with Gasteiger partial charge in [-0.3, -0.25) is 0 Å². The Morgan fingerprint density at radius 3 is 2.65 bits per heavy atom. The third-order valence-electron chi connectivity index (χ3n) is 2.10. The number of benzene rings is 1. The van der Waals surface area contributed by atoms with Crippen LogP contribution in [0.4, 0.5) is 4.79 Å². The molecule has 0 heterocycles. The van der Waals surface area contributed by atoms with Crippen LogP contribution in [-0.4, -0.2) is 24.8 Å². The molecule has 0 aliphatic rings. The number of aliphatic hydroxyl groups is 1. The fourth-order valence-corrected chi connectivity index (χ4v) is 1.20. The molecule has 0 unspecified atom stereocenters. The standard InChI is InChI=1S/C13H16N2O2/c1-14-13(17)15-10-12-7-5-11(6-8-12)4-2-3-9-16/h5-8,16H,3,9-10H2,1H3,(H2,14,15,17). The van der Waals surface area contributed by atoms with Gasteiger partial charge in [-0.15, -0.1) is 0 Å². The molecular formula is C13H16N2O2. The van der Waals surface area contributed by atoms with Crippen LogP contribution < -0.4 is 10.6 Å². The number of amides is 2. The summed E-state index contributed by atoms with van der Waals surface area (Å²) < 4.78 is 0. The molecule has 0 atom stereocenters. The van der Waals surface area contributed by atoms with Crippen molar-refractivity contribution in [1.82, 2.24) is 10.6 Å². The summed E-state index contributed by atoms with van der Waals surface area (Å²) in [6.07, 6.45) is 0.486. The number of urea groups is 1. The van der Waals surface area contributed by atoms with E-state index in [1.807, 2.05) is 24.3 Å². The average Bonchev–Trinajstić information content (AvgIpc) is 2.37. The maximum Gasteiger partial charge on any atom is 0.314 e. The van der Waals surface area contributed by atoms with Crippen molar-refractivity contribution in [3.05, 3.63) is 35.4 Å². The number of carbonyl (C=O) groups is 1. The molecule has 0 radical (unpaired) electrons. The highest BCUT2D eigenvalue weighted by Gasteiger charge is 1.96. The van der Waals surface area contributed by atoms with E-state index < -0.39 is 0 Å². The quantitative estimate of drug-likeness (QED) is 0.677. The first-order valence-corrected chi connectivity index (χ1v) is 5.40. The van der Waals surface area contributed by atoms with E-state index in [2.05, 4.69) is 22.5 Å². The van der Waals surface area contributed by atoms with Crippen molar-refractivity contribution in [1.29, 1.82) is 0 Å². The van der Waals surface area contributed by atoms with Crippen LogP contribution in [0.5, 0.6) is 0 Å². The maximum atomic E-state index is 11.0. The molecular weight excluding hydrogens is 216 g/mol. The second-order valence-electron chi connectivity index (χ2n) is 3.40. The van der Waals surface area contributed by atoms with Crippen LogP contribution in [0.15, 0.2) is 24.3 Å². The van der Waals surface area contributed by atoms with Crippen LogP contribution in [-0.2, 0) is 6.54 Å². The highest BCUT2D eigenvalue weighted by molar-refractivity contribution is 5.73. The Hall–Kier alpha value is -1.99. The van der Waals surface area contributed by atoms with Gasteiger partial charge in [0.15, 0.2) is 0 Å². The lowest BCUT2D eigenvalue weighted by atomic mass is 10.1. The molecule has 0 bridgehead atoms. The van der Waals surface area contributed by atoms with E-state index in [4.69, 9.17) is 5.11 Å². The Balaban J connectivity index is 2.51. The summed E-state index contributed by atoms with van der Waals surface area (Å²) in [5.41, 5.74) is 1.92. The number of rotatable bonds is 3. The van der Waals surface area contributed by atoms with Crippen LogP contribution in [0.2, 0.25) is 0 Å². The van der Waals surface area contributed by atoms with Gasteiger partial charge in [0, 0.05) is 25.6 Å². The Labute approximate surface area is 101 Å². The molecule has 4 nitrogen and oxygen atoms in total. The number of nitrogens with one attached hydrogen (secondary N) is 2. The van der Waals surface area contributed by atoms with Gasteiger partial charge in [-0.1, -0.05) is 24.0 Å². The predicted octanol–water partition coefficient (Wildman–Crippen LogP) is 0.849. The van der Waals surface area contributed by atoms with Gasteiger partial charge in [0.2, 0.25) is 0 Å². The average molecular weight is 232 g/mol. The SMILES string of the molecule is CNC(=O)NCc1ccc(C#CCCO)cc1. The van der Waals surface area contributed by atoms with E-state index in [-0.39, 0.29) is 12.6 Å². The lowest BCUT2D eigenvalue weighted by Gasteiger charge is -2.04. The number of aliphatic hydroxyl groups excluding tert-OH is 1. The first-order valence-electron chi connectivity index (χ1n) is 5.40. The summed E-state index contributed by atoms with van der Waals surface area (Å²) in [6, 6.07) is 7.42. The maximum absolute atomic E-state index is 11.0. The van der Waals surface area contributed by atoms with Gasteiger partial charge in [0.05, 0.1) is 6.61 Å². The van der Waals surface area contributed by atoms with E-state index >= 15 is 0 Å². The molecule has 4 heteroatoms. The number of carbonyl (C=O) groups excluding carboxylic acids is 1. The van der Waals surface area contributed by atoms with Crippen LogP contribution in [0.25, 0.3) is 0 Å². The zero-order valence-electron chi connectivity index (χ0n) is 9.79. The molecule has 3 N–H and O–H groups in total. The largest absolute Gasteiger partial charge is 0.395 e. The molecule has 1 aromatic carbocycles. The van der Waals surface area contributed by atoms with Gasteiger partial charge in [-0.05, 0) is 17.7 Å². The Morgan fingerprint density at radius 1 is 1.35 bits per heavy atom. The van der Waals surface area contributed by atoms with Gasteiger partial charge in [0.25, 0.3) is 0 Å². The Bertz CT molecular complexity index is 415. The summed E-state index contributed by atoms with van der Waals surface area (Å²) in [4.78, 5) is 11.0. The number of hydrogen-bond donors (Lipinski definition) is 3. The number of hydrogen-bond acceptors (Lipinski definition) is 2. The molecule has 0 saturated heterocycles. The first-order chi connectivity index (χ1) is 8.26. The van der Waals surface area contributed by atoms with Gasteiger partial charge in [-0.25, -0.2) is 4.79 Å². The van der Waals surface area contributed by atoms with E-state index in [1.54, 1.807) is 7.05 Å². The van der Waals surface area contributed by atoms with Crippen LogP contribution in [0.1, 0.15) is 17.5 Å². The normalized spacial score (nSPS) is 9.06. The van der Waals surface area contributed by atoms with Crippen molar-refractivity contribution in [3.8, 4) is 11.8 Å². The smallest absolute Gasteiger partial charge is 0.314 e. The summed E-state index contributed by atoms with van der Waals surface area (Å²) >= 11 is 0. The molecule has 0 aromatic heterocycles. The first kappa shape index (κ1) is 13.1. The zero-order valence-corrected chi connectivity index (χ0v) is 9.79. The van der Waals surface area contributed by atoms with Crippen LogP contribution >= 0.6 is 0 Å². The van der Waals surface area contributed by atoms with Crippen molar-refractivity contribution in [2.24, 2.45) is 0 Å². The van der Waals surface area contributed by atoms with E-state index in [9.17, 15) is 4.79 Å². The van der Waals surface area contributed by atoms with E-state index in [0.29, 0.717) is 13.0 Å². The predicted molar refractivity (Wildman–Crippen MR) is 66.3 cm³/mol. The molecule has 0 saturated carbocycles. The fourth-order valence-electron chi connectivity index (χ4n) is 1.20. The molecule has 1 rings (SSSR count). The second kappa shape index (κ2) is 7.31. The highest BCUT2D eigenvalue weighted by atomic mass is 16.2. The zero-order chi connectivity index (χ0) is 12.5. The topological polar surface area (TPSA) is 61.4 Å². The lowest BCUT2D eigenvalue weighted by Crippen LogP contribution is -2.32. The molecule has 90 valence electrons. The highest BCUT2D eigenvalue weighted by Crippen LogP contribution is 2.02. The van der Waals surface area contributed by atoms with Crippen molar-refractivity contribution >= 4 is 6.03 Å². The van der Waals surface area contributed by atoms with Gasteiger partial charge in [0.1, 0.15) is 0 Å². The molecule has 0 fully saturated rings. The van der Waals surface area contributed by atoms with Crippen molar-refractivity contribution in [2.45, 2.75) is 13.0 Å². The molecule has 0 spiro atoms. The van der Waals surface area contributed by atoms with Gasteiger partial charge < -0.3 is 15.7 Å². The molecule has 0 aliphatic heterocycles. The van der Waals surface area contributed by atoms with Crippen LogP contribution in [0.3, 0.4) is 0 Å². The third kappa shape index (κ3) is 5.05. The minimum Gasteiger partial charge on any atom is -0.395 e. The summed E-state index contributed by atoms with van der Waals surface area (Å²) in [5, 5.41) is 13.8. The third-order valence-corrected chi connectivity index (χ3v) is 2.10. The van der Waals surface area contributed by atoms with E-state index in [0.717, 1.165) is 11.1 Å². The summed E-state index contributed by atoms with van der Waals surface area (Å²) in [5.74, 6) is 5.79. The minimum absolute atomic E-state index is 0.0845. The molecule has 0 aliphatic carbocycles. The van der Waals surface area contributed by atoms with E-state index in [1.165, 1.54) is 0 Å². The Morgan fingerprint density at radius 2 is 2.06 bits per heavy atom. The van der Waals surface area contributed by atoms with Crippen molar-refractivity contribution < 1.29 is 9.90 Å².